The van der Waals surface area contributed by atoms with E-state index in [0.717, 1.165) is 39.9 Å². The second-order valence-corrected chi connectivity index (χ2v) is 12.2. The maximum Gasteiger partial charge on any atom is 0.0143 e. The molecule has 0 saturated heterocycles. The molecule has 0 nitrogen and oxygen atoms in total. The molecule has 3 aliphatic rings. The minimum atomic E-state index is 0.296. The summed E-state index contributed by atoms with van der Waals surface area (Å²) in [7, 11) is 0. The van der Waals surface area contributed by atoms with Crippen molar-refractivity contribution in [2.24, 2.45) is 29.6 Å². The summed E-state index contributed by atoms with van der Waals surface area (Å²) in [6.07, 6.45) is 13.5. The van der Waals surface area contributed by atoms with Gasteiger partial charge < -0.3 is 0 Å². The summed E-state index contributed by atoms with van der Waals surface area (Å²) < 4.78 is 0.926. The molecule has 1 aromatic carbocycles. The van der Waals surface area contributed by atoms with Crippen LogP contribution < -0.4 is 0 Å². The minimum absolute atomic E-state index is 0.296. The predicted molar refractivity (Wildman–Crippen MR) is 130 cm³/mol. The molecular weight excluding hydrogens is 451 g/mol. The van der Waals surface area contributed by atoms with Crippen molar-refractivity contribution in [3.05, 3.63) is 48.0 Å². The second-order valence-electron chi connectivity index (χ2n) is 10.6. The van der Waals surface area contributed by atoms with E-state index in [2.05, 4.69) is 80.3 Å². The molecule has 7 atom stereocenters. The molecule has 2 fully saturated rings. The molecule has 4 unspecified atom stereocenters. The average molecular weight is 491 g/mol. The zero-order valence-electron chi connectivity index (χ0n) is 18.2. The number of benzene rings is 1. The number of fused-ring (bicyclic) bond motifs is 2. The number of hydrogen-bond acceptors (Lipinski definition) is 0. The van der Waals surface area contributed by atoms with E-state index in [1.54, 1.807) is 11.1 Å². The molecule has 28 heavy (non-hydrogen) atoms. The monoisotopic (exact) mass is 490 g/mol. The standard InChI is InChI=1S/C27H39I/c1-5-9-21-22-11-6-7-13-23(22)27(3,4)24(21)16-14-19-15-17-25(28)26-18(2)10-8-12-20(19)26/h5-7,11,13,18-21,24-26H,1,8-10,12,14-17H2,2-4H3/t18-,19-,20?,21?,24?,25+,26?/m1/s1. The van der Waals surface area contributed by atoms with Crippen LogP contribution >= 0.6 is 22.6 Å². The van der Waals surface area contributed by atoms with Crippen LogP contribution in [0.4, 0.5) is 0 Å². The predicted octanol–water partition coefficient (Wildman–Crippen LogP) is 8.30. The van der Waals surface area contributed by atoms with Crippen molar-refractivity contribution in [1.29, 1.82) is 0 Å². The summed E-state index contributed by atoms with van der Waals surface area (Å²) in [5.74, 6) is 5.35. The van der Waals surface area contributed by atoms with Crippen LogP contribution in [0.5, 0.6) is 0 Å². The molecule has 0 amide bonds. The van der Waals surface area contributed by atoms with Crippen molar-refractivity contribution in [2.45, 2.75) is 87.4 Å². The Bertz CT molecular complexity index is 685. The van der Waals surface area contributed by atoms with Crippen LogP contribution in [0.1, 0.15) is 89.2 Å². The lowest BCUT2D eigenvalue weighted by atomic mass is 9.60. The number of allylic oxidation sites excluding steroid dienone is 1. The van der Waals surface area contributed by atoms with Gasteiger partial charge in [-0.15, -0.1) is 6.58 Å². The molecule has 154 valence electrons. The third-order valence-electron chi connectivity index (χ3n) is 8.92. The molecule has 0 radical (unpaired) electrons. The van der Waals surface area contributed by atoms with Gasteiger partial charge in [-0.3, -0.25) is 0 Å². The first-order valence-electron chi connectivity index (χ1n) is 11.8. The Morgan fingerprint density at radius 1 is 1.11 bits per heavy atom. The van der Waals surface area contributed by atoms with Crippen LogP contribution in [-0.2, 0) is 5.41 Å². The van der Waals surface area contributed by atoms with Crippen LogP contribution in [0.15, 0.2) is 36.9 Å². The SMILES string of the molecule is C=CCC1c2ccccc2C(C)(C)C1CC[C@@H]1CC[C@H](I)C2C1CCC[C@H]2C. The first kappa shape index (κ1) is 20.9. The van der Waals surface area contributed by atoms with E-state index in [4.69, 9.17) is 0 Å². The van der Waals surface area contributed by atoms with Gasteiger partial charge in [-0.25, -0.2) is 0 Å². The van der Waals surface area contributed by atoms with Gasteiger partial charge >= 0.3 is 0 Å². The molecule has 0 bridgehead atoms. The zero-order chi connectivity index (χ0) is 19.9. The maximum absolute atomic E-state index is 4.10. The highest BCUT2D eigenvalue weighted by atomic mass is 127. The fourth-order valence-electron chi connectivity index (χ4n) is 7.55. The van der Waals surface area contributed by atoms with Gasteiger partial charge in [0, 0.05) is 3.92 Å². The summed E-state index contributed by atoms with van der Waals surface area (Å²) in [5.41, 5.74) is 3.51. The second kappa shape index (κ2) is 8.44. The van der Waals surface area contributed by atoms with Crippen molar-refractivity contribution in [1.82, 2.24) is 0 Å². The number of hydrogen-bond donors (Lipinski definition) is 0. The molecular formula is C27H39I. The topological polar surface area (TPSA) is 0 Å². The highest BCUT2D eigenvalue weighted by molar-refractivity contribution is 14.1. The Hall–Kier alpha value is -0.310. The summed E-state index contributed by atoms with van der Waals surface area (Å²) in [6, 6.07) is 9.27. The molecule has 2 saturated carbocycles. The van der Waals surface area contributed by atoms with E-state index in [0.29, 0.717) is 11.3 Å². The highest BCUT2D eigenvalue weighted by Gasteiger charge is 2.47. The zero-order valence-corrected chi connectivity index (χ0v) is 20.3. The largest absolute Gasteiger partial charge is 0.103 e. The van der Waals surface area contributed by atoms with Crippen molar-refractivity contribution in [3.8, 4) is 0 Å². The molecule has 4 rings (SSSR count). The summed E-state index contributed by atoms with van der Waals surface area (Å²) in [6.45, 7) is 11.7. The van der Waals surface area contributed by atoms with Crippen LogP contribution in [0.3, 0.4) is 0 Å². The first-order valence-corrected chi connectivity index (χ1v) is 13.0. The summed E-state index contributed by atoms with van der Waals surface area (Å²) >= 11 is 2.79. The Morgan fingerprint density at radius 2 is 1.89 bits per heavy atom. The van der Waals surface area contributed by atoms with Gasteiger partial charge in [-0.2, -0.15) is 0 Å². The van der Waals surface area contributed by atoms with E-state index < -0.39 is 0 Å². The lowest BCUT2D eigenvalue weighted by molar-refractivity contribution is 0.0613. The van der Waals surface area contributed by atoms with Gasteiger partial charge in [0.15, 0.2) is 0 Å². The minimum Gasteiger partial charge on any atom is -0.103 e. The number of rotatable bonds is 5. The third kappa shape index (κ3) is 3.63. The third-order valence-corrected chi connectivity index (χ3v) is 10.4. The van der Waals surface area contributed by atoms with Crippen molar-refractivity contribution >= 4 is 22.6 Å². The molecule has 0 spiro atoms. The van der Waals surface area contributed by atoms with Crippen LogP contribution in [0, 0.1) is 29.6 Å². The Kier molecular flexibility index (Phi) is 6.31. The smallest absolute Gasteiger partial charge is 0.0143 e. The van der Waals surface area contributed by atoms with Gasteiger partial charge in [0.25, 0.3) is 0 Å². The molecule has 3 aliphatic carbocycles. The summed E-state index contributed by atoms with van der Waals surface area (Å²) in [5, 5.41) is 0. The van der Waals surface area contributed by atoms with Gasteiger partial charge in [0.05, 0.1) is 0 Å². The average Bonchev–Trinajstić information content (AvgIpc) is 2.89. The number of alkyl halides is 1. The van der Waals surface area contributed by atoms with Crippen molar-refractivity contribution in [3.63, 3.8) is 0 Å². The molecule has 0 aliphatic heterocycles. The summed E-state index contributed by atoms with van der Waals surface area (Å²) in [4.78, 5) is 0. The normalized spacial score (nSPS) is 39.2. The van der Waals surface area contributed by atoms with E-state index in [9.17, 15) is 0 Å². The van der Waals surface area contributed by atoms with Gasteiger partial charge in [-0.1, -0.05) is 86.5 Å². The maximum atomic E-state index is 4.10. The fourth-order valence-corrected chi connectivity index (χ4v) is 9.15. The van der Waals surface area contributed by atoms with Gasteiger partial charge in [0.2, 0.25) is 0 Å². The van der Waals surface area contributed by atoms with Crippen LogP contribution in [0.25, 0.3) is 0 Å². The van der Waals surface area contributed by atoms with E-state index in [-0.39, 0.29) is 0 Å². The van der Waals surface area contributed by atoms with E-state index >= 15 is 0 Å². The van der Waals surface area contributed by atoms with Crippen LogP contribution in [0.2, 0.25) is 0 Å². The quantitative estimate of drug-likeness (QED) is 0.221. The Morgan fingerprint density at radius 3 is 2.68 bits per heavy atom. The molecule has 0 heterocycles. The lowest BCUT2D eigenvalue weighted by Gasteiger charge is -2.48. The Balaban J connectivity index is 1.51. The highest BCUT2D eigenvalue weighted by Crippen LogP contribution is 2.56. The molecule has 0 aromatic heterocycles. The lowest BCUT2D eigenvalue weighted by Crippen LogP contribution is -2.41. The van der Waals surface area contributed by atoms with Crippen LogP contribution in [-0.4, -0.2) is 3.92 Å². The molecule has 0 N–H and O–H groups in total. The van der Waals surface area contributed by atoms with Crippen molar-refractivity contribution in [2.75, 3.05) is 0 Å². The van der Waals surface area contributed by atoms with E-state index in [1.807, 2.05) is 0 Å². The first-order chi connectivity index (χ1) is 13.4. The van der Waals surface area contributed by atoms with Crippen molar-refractivity contribution < 1.29 is 0 Å². The van der Waals surface area contributed by atoms with Gasteiger partial charge in [-0.05, 0) is 90.6 Å². The molecule has 1 aromatic rings. The Labute approximate surface area is 187 Å². The molecule has 1 heteroatoms. The van der Waals surface area contributed by atoms with Gasteiger partial charge in [0.1, 0.15) is 0 Å². The van der Waals surface area contributed by atoms with E-state index in [1.165, 1.54) is 44.9 Å². The fraction of sp³-hybridized carbons (Fsp3) is 0.704. The number of halogens is 1.